The van der Waals surface area contributed by atoms with Crippen molar-refractivity contribution in [1.29, 1.82) is 0 Å². The van der Waals surface area contributed by atoms with Gasteiger partial charge in [-0.15, -0.1) is 0 Å². The predicted molar refractivity (Wildman–Crippen MR) is 63.4 cm³/mol. The number of amides is 2. The number of nitrogens with one attached hydrogen (secondary N) is 1. The van der Waals surface area contributed by atoms with Gasteiger partial charge in [0.05, 0.1) is 6.54 Å². The highest BCUT2D eigenvalue weighted by molar-refractivity contribution is 5.74. The molecule has 0 bridgehead atoms. The van der Waals surface area contributed by atoms with Crippen LogP contribution in [0.4, 0.5) is 4.79 Å². The van der Waals surface area contributed by atoms with Crippen molar-refractivity contribution < 1.29 is 9.42 Å². The van der Waals surface area contributed by atoms with Crippen LogP contribution in [0.3, 0.4) is 0 Å². The van der Waals surface area contributed by atoms with Crippen LogP contribution >= 0.6 is 0 Å². The zero-order chi connectivity index (χ0) is 12.7. The van der Waals surface area contributed by atoms with E-state index in [4.69, 9.17) is 0 Å². The molecule has 0 atom stereocenters. The van der Waals surface area contributed by atoms with Gasteiger partial charge in [0.1, 0.15) is 11.4 Å². The summed E-state index contributed by atoms with van der Waals surface area (Å²) < 4.78 is 4.61. The number of carbonyl (C=O) groups is 1. The highest BCUT2D eigenvalue weighted by atomic mass is 16.6. The summed E-state index contributed by atoms with van der Waals surface area (Å²) in [4.78, 5) is 13.5. The van der Waals surface area contributed by atoms with Crippen LogP contribution in [0.1, 0.15) is 38.1 Å². The van der Waals surface area contributed by atoms with E-state index in [2.05, 4.69) is 27.2 Å². The van der Waals surface area contributed by atoms with Crippen LogP contribution in [0.15, 0.2) is 4.63 Å². The smallest absolute Gasteiger partial charge is 0.317 e. The van der Waals surface area contributed by atoms with Gasteiger partial charge in [0.15, 0.2) is 0 Å². The van der Waals surface area contributed by atoms with Crippen molar-refractivity contribution in [2.45, 2.75) is 40.2 Å². The number of hydrogen-bond acceptors (Lipinski definition) is 4. The number of urea groups is 1. The van der Waals surface area contributed by atoms with Crippen molar-refractivity contribution in [3.05, 3.63) is 11.4 Å². The van der Waals surface area contributed by atoms with E-state index in [9.17, 15) is 4.79 Å². The van der Waals surface area contributed by atoms with Gasteiger partial charge in [-0.05, 0) is 20.3 Å². The predicted octanol–water partition coefficient (Wildman–Crippen LogP) is 1.71. The normalized spacial score (nSPS) is 10.3. The lowest BCUT2D eigenvalue weighted by Crippen LogP contribution is -2.39. The van der Waals surface area contributed by atoms with E-state index in [1.807, 2.05) is 13.8 Å². The SMILES string of the molecule is CCCCNC(=O)N(CC)Cc1nonc1C. The summed E-state index contributed by atoms with van der Waals surface area (Å²) in [6.07, 6.45) is 2.06. The second-order valence-corrected chi connectivity index (χ2v) is 3.90. The quantitative estimate of drug-likeness (QED) is 0.768. The van der Waals surface area contributed by atoms with Gasteiger partial charge in [0.25, 0.3) is 0 Å². The Labute approximate surface area is 101 Å². The molecule has 96 valence electrons. The van der Waals surface area contributed by atoms with Crippen LogP contribution in [-0.2, 0) is 6.54 Å². The van der Waals surface area contributed by atoms with Gasteiger partial charge in [-0.25, -0.2) is 9.42 Å². The highest BCUT2D eigenvalue weighted by Gasteiger charge is 2.15. The van der Waals surface area contributed by atoms with Gasteiger partial charge < -0.3 is 10.2 Å². The monoisotopic (exact) mass is 240 g/mol. The van der Waals surface area contributed by atoms with Crippen LogP contribution in [0.25, 0.3) is 0 Å². The Bertz CT molecular complexity index is 351. The summed E-state index contributed by atoms with van der Waals surface area (Å²) >= 11 is 0. The Kier molecular flexibility index (Phi) is 5.45. The molecule has 1 N–H and O–H groups in total. The molecule has 1 aromatic rings. The maximum absolute atomic E-state index is 11.8. The number of carbonyl (C=O) groups excluding carboxylic acids is 1. The van der Waals surface area contributed by atoms with Gasteiger partial charge in [-0.2, -0.15) is 0 Å². The molecule has 0 aliphatic carbocycles. The first-order valence-electron chi connectivity index (χ1n) is 5.99. The minimum Gasteiger partial charge on any atom is -0.338 e. The summed E-state index contributed by atoms with van der Waals surface area (Å²) in [7, 11) is 0. The van der Waals surface area contributed by atoms with Crippen LogP contribution < -0.4 is 5.32 Å². The zero-order valence-corrected chi connectivity index (χ0v) is 10.7. The Morgan fingerprint density at radius 1 is 1.41 bits per heavy atom. The fraction of sp³-hybridized carbons (Fsp3) is 0.727. The lowest BCUT2D eigenvalue weighted by molar-refractivity contribution is 0.196. The maximum atomic E-state index is 11.8. The summed E-state index contributed by atoms with van der Waals surface area (Å²) in [5, 5.41) is 10.3. The second-order valence-electron chi connectivity index (χ2n) is 3.90. The average molecular weight is 240 g/mol. The molecule has 1 rings (SSSR count). The molecular weight excluding hydrogens is 220 g/mol. The molecular formula is C11H20N4O2. The highest BCUT2D eigenvalue weighted by Crippen LogP contribution is 2.05. The minimum absolute atomic E-state index is 0.0663. The molecule has 17 heavy (non-hydrogen) atoms. The average Bonchev–Trinajstić information content (AvgIpc) is 2.72. The number of hydrogen-bond donors (Lipinski definition) is 1. The van der Waals surface area contributed by atoms with E-state index in [0.29, 0.717) is 25.3 Å². The first-order valence-corrected chi connectivity index (χ1v) is 5.99. The molecule has 6 heteroatoms. The largest absolute Gasteiger partial charge is 0.338 e. The maximum Gasteiger partial charge on any atom is 0.317 e. The number of unbranched alkanes of at least 4 members (excludes halogenated alkanes) is 1. The van der Waals surface area contributed by atoms with Gasteiger partial charge in [-0.3, -0.25) is 0 Å². The number of rotatable bonds is 6. The third-order valence-corrected chi connectivity index (χ3v) is 2.56. The van der Waals surface area contributed by atoms with Crippen LogP contribution in [-0.4, -0.2) is 34.3 Å². The lowest BCUT2D eigenvalue weighted by Gasteiger charge is -2.20. The Hall–Kier alpha value is -1.59. The Morgan fingerprint density at radius 2 is 2.18 bits per heavy atom. The fourth-order valence-electron chi connectivity index (χ4n) is 1.38. The van der Waals surface area contributed by atoms with E-state index in [1.165, 1.54) is 0 Å². The number of aromatic nitrogens is 2. The molecule has 0 fully saturated rings. The van der Waals surface area contributed by atoms with Crippen LogP contribution in [0, 0.1) is 6.92 Å². The molecule has 0 aliphatic heterocycles. The van der Waals surface area contributed by atoms with E-state index < -0.39 is 0 Å². The molecule has 0 aliphatic rings. The van der Waals surface area contributed by atoms with Crippen LogP contribution in [0.5, 0.6) is 0 Å². The van der Waals surface area contributed by atoms with Crippen LogP contribution in [0.2, 0.25) is 0 Å². The van der Waals surface area contributed by atoms with Crippen molar-refractivity contribution in [2.24, 2.45) is 0 Å². The summed E-state index contributed by atoms with van der Waals surface area (Å²) in [6, 6.07) is -0.0663. The molecule has 1 aromatic heterocycles. The van der Waals surface area contributed by atoms with Crippen molar-refractivity contribution in [3.63, 3.8) is 0 Å². The van der Waals surface area contributed by atoms with Gasteiger partial charge in [0.2, 0.25) is 0 Å². The molecule has 6 nitrogen and oxygen atoms in total. The topological polar surface area (TPSA) is 71.3 Å². The molecule has 0 radical (unpaired) electrons. The molecule has 0 aromatic carbocycles. The first-order chi connectivity index (χ1) is 8.19. The molecule has 0 saturated carbocycles. The number of nitrogens with zero attached hydrogens (tertiary/aromatic N) is 3. The Balaban J connectivity index is 2.48. The standard InChI is InChI=1S/C11H20N4O2/c1-4-6-7-12-11(16)15(5-2)8-10-9(3)13-17-14-10/h4-8H2,1-3H3,(H,12,16). The third-order valence-electron chi connectivity index (χ3n) is 2.56. The van der Waals surface area contributed by atoms with Gasteiger partial charge >= 0.3 is 6.03 Å². The summed E-state index contributed by atoms with van der Waals surface area (Å²) in [6.45, 7) is 7.61. The Morgan fingerprint density at radius 3 is 2.71 bits per heavy atom. The van der Waals surface area contributed by atoms with E-state index >= 15 is 0 Å². The molecule has 1 heterocycles. The third kappa shape index (κ3) is 4.05. The molecule has 2 amide bonds. The summed E-state index contributed by atoms with van der Waals surface area (Å²) in [5.41, 5.74) is 1.43. The lowest BCUT2D eigenvalue weighted by atomic mass is 10.3. The molecule has 0 saturated heterocycles. The minimum atomic E-state index is -0.0663. The van der Waals surface area contributed by atoms with Crippen molar-refractivity contribution in [2.75, 3.05) is 13.1 Å². The number of aryl methyl sites for hydroxylation is 1. The molecule has 0 unspecified atom stereocenters. The zero-order valence-electron chi connectivity index (χ0n) is 10.7. The van der Waals surface area contributed by atoms with Crippen molar-refractivity contribution in [3.8, 4) is 0 Å². The van der Waals surface area contributed by atoms with Crippen molar-refractivity contribution >= 4 is 6.03 Å². The first kappa shape index (κ1) is 13.5. The van der Waals surface area contributed by atoms with Gasteiger partial charge in [0, 0.05) is 13.1 Å². The second kappa shape index (κ2) is 6.88. The summed E-state index contributed by atoms with van der Waals surface area (Å²) in [5.74, 6) is 0. The van der Waals surface area contributed by atoms with E-state index in [0.717, 1.165) is 18.5 Å². The van der Waals surface area contributed by atoms with E-state index in [1.54, 1.807) is 4.90 Å². The van der Waals surface area contributed by atoms with Crippen molar-refractivity contribution in [1.82, 2.24) is 20.5 Å². The van der Waals surface area contributed by atoms with E-state index in [-0.39, 0.29) is 6.03 Å². The van der Waals surface area contributed by atoms with Gasteiger partial charge in [-0.1, -0.05) is 23.7 Å². The molecule has 0 spiro atoms. The fourth-order valence-corrected chi connectivity index (χ4v) is 1.38.